The number of pyridine rings is 1. The van der Waals surface area contributed by atoms with E-state index in [-0.39, 0.29) is 19.4 Å². The molecule has 3 aromatic rings. The van der Waals surface area contributed by atoms with Crippen molar-refractivity contribution in [1.29, 1.82) is 0 Å². The SMILES string of the molecule is O=C(Cc1ccc2cc[nH]c2n1)C1(c2ccc3c(c2)OCO3)CC1.[HH]. The molecule has 5 nitrogen and oxygen atoms in total. The lowest BCUT2D eigenvalue weighted by Gasteiger charge is -2.15. The smallest absolute Gasteiger partial charge is 0.231 e. The van der Waals surface area contributed by atoms with Crippen LogP contribution in [0.15, 0.2) is 42.6 Å². The molecular formula is C19H18N2O3. The van der Waals surface area contributed by atoms with Gasteiger partial charge in [0.15, 0.2) is 11.5 Å². The van der Waals surface area contributed by atoms with E-state index in [4.69, 9.17) is 9.47 Å². The number of carbonyl (C=O) groups excluding carboxylic acids is 1. The van der Waals surface area contributed by atoms with Crippen LogP contribution in [0.4, 0.5) is 0 Å². The van der Waals surface area contributed by atoms with Crippen LogP contribution in [0.2, 0.25) is 0 Å². The molecule has 2 aliphatic rings. The number of hydrogen-bond donors (Lipinski definition) is 1. The largest absolute Gasteiger partial charge is 0.454 e. The summed E-state index contributed by atoms with van der Waals surface area (Å²) in [5.74, 6) is 1.71. The number of aromatic amines is 1. The predicted octanol–water partition coefficient (Wildman–Crippen LogP) is 3.38. The number of aromatic nitrogens is 2. The van der Waals surface area contributed by atoms with Gasteiger partial charge < -0.3 is 14.5 Å². The third-order valence-corrected chi connectivity index (χ3v) is 5.02. The highest BCUT2D eigenvalue weighted by atomic mass is 16.7. The molecule has 5 heteroatoms. The van der Waals surface area contributed by atoms with Crippen LogP contribution in [0.25, 0.3) is 11.0 Å². The molecule has 24 heavy (non-hydrogen) atoms. The van der Waals surface area contributed by atoms with Gasteiger partial charge in [-0.15, -0.1) is 0 Å². The zero-order chi connectivity index (χ0) is 16.1. The van der Waals surface area contributed by atoms with Gasteiger partial charge in [0, 0.05) is 19.4 Å². The molecule has 1 N–H and O–H groups in total. The minimum atomic E-state index is -0.382. The Hall–Kier alpha value is -2.82. The van der Waals surface area contributed by atoms with Crippen LogP contribution in [-0.2, 0) is 16.6 Å². The van der Waals surface area contributed by atoms with E-state index in [2.05, 4.69) is 9.97 Å². The van der Waals surface area contributed by atoms with Gasteiger partial charge in [0.25, 0.3) is 0 Å². The minimum Gasteiger partial charge on any atom is -0.454 e. The maximum absolute atomic E-state index is 12.9. The van der Waals surface area contributed by atoms with E-state index in [1.807, 2.05) is 42.6 Å². The number of ketones is 1. The van der Waals surface area contributed by atoms with Crippen molar-refractivity contribution in [2.75, 3.05) is 6.79 Å². The van der Waals surface area contributed by atoms with Gasteiger partial charge in [-0.05, 0) is 48.7 Å². The number of benzene rings is 1. The van der Waals surface area contributed by atoms with E-state index in [1.54, 1.807) is 0 Å². The molecule has 1 aromatic carbocycles. The molecule has 1 fully saturated rings. The number of carbonyl (C=O) groups is 1. The Morgan fingerprint density at radius 3 is 2.92 bits per heavy atom. The summed E-state index contributed by atoms with van der Waals surface area (Å²) in [7, 11) is 0. The highest BCUT2D eigenvalue weighted by Crippen LogP contribution is 2.51. The van der Waals surface area contributed by atoms with Crippen molar-refractivity contribution >= 4 is 16.8 Å². The highest BCUT2D eigenvalue weighted by Gasteiger charge is 2.50. The summed E-state index contributed by atoms with van der Waals surface area (Å²) < 4.78 is 10.8. The lowest BCUT2D eigenvalue weighted by Crippen LogP contribution is -2.23. The summed E-state index contributed by atoms with van der Waals surface area (Å²) >= 11 is 0. The lowest BCUT2D eigenvalue weighted by atomic mass is 9.88. The van der Waals surface area contributed by atoms with Crippen LogP contribution < -0.4 is 9.47 Å². The summed E-state index contributed by atoms with van der Waals surface area (Å²) in [6.07, 6.45) is 3.98. The van der Waals surface area contributed by atoms with E-state index < -0.39 is 0 Å². The first kappa shape index (κ1) is 13.6. The first-order chi connectivity index (χ1) is 11.7. The summed E-state index contributed by atoms with van der Waals surface area (Å²) in [6, 6.07) is 11.7. The normalized spacial score (nSPS) is 17.2. The van der Waals surface area contributed by atoms with Crippen molar-refractivity contribution < 1.29 is 15.7 Å². The fourth-order valence-corrected chi connectivity index (χ4v) is 3.45. The number of H-pyrrole nitrogens is 1. The van der Waals surface area contributed by atoms with E-state index in [1.165, 1.54) is 0 Å². The van der Waals surface area contributed by atoms with Gasteiger partial charge in [0.05, 0.1) is 11.1 Å². The molecule has 5 rings (SSSR count). The summed E-state index contributed by atoms with van der Waals surface area (Å²) in [5.41, 5.74) is 2.28. The third kappa shape index (κ3) is 2.01. The van der Waals surface area contributed by atoms with Gasteiger partial charge in [0.1, 0.15) is 11.4 Å². The van der Waals surface area contributed by atoms with E-state index in [0.717, 1.165) is 46.6 Å². The minimum absolute atomic E-state index is 0. The van der Waals surface area contributed by atoms with Crippen LogP contribution >= 0.6 is 0 Å². The monoisotopic (exact) mass is 322 g/mol. The Morgan fingerprint density at radius 2 is 2.04 bits per heavy atom. The number of nitrogens with zero attached hydrogens (tertiary/aromatic N) is 1. The maximum atomic E-state index is 12.9. The maximum Gasteiger partial charge on any atom is 0.231 e. The Morgan fingerprint density at radius 1 is 1.17 bits per heavy atom. The van der Waals surface area contributed by atoms with Crippen LogP contribution in [-0.4, -0.2) is 22.5 Å². The van der Waals surface area contributed by atoms with Crippen LogP contribution in [0.3, 0.4) is 0 Å². The van der Waals surface area contributed by atoms with Gasteiger partial charge in [-0.3, -0.25) is 4.79 Å². The fourth-order valence-electron chi connectivity index (χ4n) is 3.45. The van der Waals surface area contributed by atoms with Crippen molar-refractivity contribution in [2.24, 2.45) is 0 Å². The first-order valence-corrected chi connectivity index (χ1v) is 8.11. The molecule has 0 amide bonds. The molecule has 0 saturated heterocycles. The lowest BCUT2D eigenvalue weighted by molar-refractivity contribution is -0.120. The van der Waals surface area contributed by atoms with Crippen molar-refractivity contribution in [3.63, 3.8) is 0 Å². The van der Waals surface area contributed by atoms with E-state index in [9.17, 15) is 4.79 Å². The molecule has 0 unspecified atom stereocenters. The van der Waals surface area contributed by atoms with Crippen molar-refractivity contribution in [1.82, 2.24) is 9.97 Å². The molecular weight excluding hydrogens is 304 g/mol. The molecule has 0 spiro atoms. The second-order valence-corrected chi connectivity index (χ2v) is 6.47. The number of rotatable bonds is 4. The zero-order valence-corrected chi connectivity index (χ0v) is 13.0. The van der Waals surface area contributed by atoms with Crippen molar-refractivity contribution in [2.45, 2.75) is 24.7 Å². The first-order valence-electron chi connectivity index (χ1n) is 8.11. The Bertz CT molecular complexity index is 962. The number of ether oxygens (including phenoxy) is 2. The second-order valence-electron chi connectivity index (χ2n) is 6.47. The summed E-state index contributed by atoms with van der Waals surface area (Å²) in [4.78, 5) is 20.6. The fraction of sp³-hybridized carbons (Fsp3) is 0.263. The molecule has 122 valence electrons. The average molecular weight is 322 g/mol. The summed E-state index contributed by atoms with van der Waals surface area (Å²) in [6.45, 7) is 0.250. The van der Waals surface area contributed by atoms with Gasteiger partial charge in [-0.2, -0.15) is 0 Å². The Kier molecular flexibility index (Phi) is 2.74. The third-order valence-electron chi connectivity index (χ3n) is 5.02. The summed E-state index contributed by atoms with van der Waals surface area (Å²) in [5, 5.41) is 1.06. The molecule has 0 bridgehead atoms. The number of nitrogens with one attached hydrogen (secondary N) is 1. The van der Waals surface area contributed by atoms with Crippen LogP contribution in [0, 0.1) is 0 Å². The number of hydrogen-bond acceptors (Lipinski definition) is 4. The average Bonchev–Trinajstić information content (AvgIpc) is 3.05. The Labute approximate surface area is 140 Å². The van der Waals surface area contributed by atoms with Gasteiger partial charge >= 0.3 is 0 Å². The molecule has 0 radical (unpaired) electrons. The topological polar surface area (TPSA) is 64.2 Å². The zero-order valence-electron chi connectivity index (χ0n) is 13.0. The Balaban J connectivity index is 0.00000157. The van der Waals surface area contributed by atoms with Gasteiger partial charge in [0.2, 0.25) is 6.79 Å². The molecule has 0 atom stereocenters. The second kappa shape index (κ2) is 4.84. The number of Topliss-reactive ketones (excluding diaryl/α,β-unsaturated/α-hetero) is 1. The van der Waals surface area contributed by atoms with E-state index in [0.29, 0.717) is 6.42 Å². The molecule has 1 saturated carbocycles. The quantitative estimate of drug-likeness (QED) is 0.800. The van der Waals surface area contributed by atoms with Crippen LogP contribution in [0.5, 0.6) is 11.5 Å². The van der Waals surface area contributed by atoms with E-state index >= 15 is 0 Å². The van der Waals surface area contributed by atoms with Crippen molar-refractivity contribution in [3.05, 3.63) is 53.9 Å². The molecule has 1 aliphatic heterocycles. The number of fused-ring (bicyclic) bond motifs is 2. The molecule has 3 heterocycles. The van der Waals surface area contributed by atoms with Crippen LogP contribution in [0.1, 0.15) is 25.5 Å². The highest BCUT2D eigenvalue weighted by molar-refractivity contribution is 5.94. The van der Waals surface area contributed by atoms with Gasteiger partial charge in [-0.1, -0.05) is 6.07 Å². The molecule has 2 aromatic heterocycles. The predicted molar refractivity (Wildman–Crippen MR) is 90.4 cm³/mol. The standard InChI is InChI=1S/C19H16N2O3.H2/c22-17(10-14-3-1-12-5-8-20-18(12)21-14)19(6-7-19)13-2-4-15-16(9-13)24-11-23-15;/h1-5,8-9H,6-7,10-11H2,(H,20,21);1H. The van der Waals surface area contributed by atoms with Crippen molar-refractivity contribution in [3.8, 4) is 11.5 Å². The molecule has 1 aliphatic carbocycles. The van der Waals surface area contributed by atoms with Gasteiger partial charge in [-0.25, -0.2) is 4.98 Å².